The van der Waals surface area contributed by atoms with E-state index >= 15 is 0 Å². The van der Waals surface area contributed by atoms with Gasteiger partial charge in [-0.15, -0.1) is 0 Å². The van der Waals surface area contributed by atoms with Crippen LogP contribution < -0.4 is 0 Å². The molecule has 0 aliphatic heterocycles. The molecule has 0 rings (SSSR count). The zero-order valence-electron chi connectivity index (χ0n) is 5.66. The fraction of sp³-hybridized carbons (Fsp3) is 0.833. The van der Waals surface area contributed by atoms with Crippen LogP contribution in [-0.2, 0) is 4.79 Å². The second-order valence-electron chi connectivity index (χ2n) is 2.32. The number of aliphatic hydroxyl groups excluding tert-OH is 1. The number of carbonyl (C=O) groups is 1. The average molecular weight is 132 g/mol. The molecular formula is C6H12O3. The first-order valence-electron chi connectivity index (χ1n) is 2.94. The van der Waals surface area contributed by atoms with Crippen LogP contribution in [0.1, 0.15) is 20.3 Å². The number of carboxylic acids is 1. The SMILES string of the molecule is CC(CC(=O)O)[C@@H](C)O. The summed E-state index contributed by atoms with van der Waals surface area (Å²) in [6.07, 6.45) is -0.487. The molecule has 3 nitrogen and oxygen atoms in total. The summed E-state index contributed by atoms with van der Waals surface area (Å²) in [4.78, 5) is 10.0. The van der Waals surface area contributed by atoms with Gasteiger partial charge in [-0.2, -0.15) is 0 Å². The quantitative estimate of drug-likeness (QED) is 0.587. The summed E-state index contributed by atoms with van der Waals surface area (Å²) in [5.74, 6) is -1.01. The molecule has 9 heavy (non-hydrogen) atoms. The molecule has 3 heteroatoms. The van der Waals surface area contributed by atoms with Gasteiger partial charge in [-0.3, -0.25) is 4.79 Å². The van der Waals surface area contributed by atoms with Gasteiger partial charge >= 0.3 is 5.97 Å². The van der Waals surface area contributed by atoms with E-state index in [0.29, 0.717) is 0 Å². The van der Waals surface area contributed by atoms with Gasteiger partial charge in [0.05, 0.1) is 12.5 Å². The fourth-order valence-electron chi connectivity index (χ4n) is 0.446. The predicted octanol–water partition coefficient (Wildman–Crippen LogP) is 0.478. The molecule has 2 N–H and O–H groups in total. The summed E-state index contributed by atoms with van der Waals surface area (Å²) in [5, 5.41) is 17.0. The Morgan fingerprint density at radius 1 is 1.56 bits per heavy atom. The Labute approximate surface area is 54.3 Å². The Balaban J connectivity index is 3.50. The van der Waals surface area contributed by atoms with Crippen molar-refractivity contribution in [2.75, 3.05) is 0 Å². The van der Waals surface area contributed by atoms with Crippen molar-refractivity contribution in [3.8, 4) is 0 Å². The van der Waals surface area contributed by atoms with Crippen LogP contribution in [-0.4, -0.2) is 22.3 Å². The second kappa shape index (κ2) is 3.45. The molecule has 1 unspecified atom stereocenters. The number of aliphatic hydroxyl groups is 1. The van der Waals surface area contributed by atoms with Crippen LogP contribution in [0.15, 0.2) is 0 Å². The van der Waals surface area contributed by atoms with Gasteiger partial charge in [0.2, 0.25) is 0 Å². The van der Waals surface area contributed by atoms with Crippen LogP contribution in [0.4, 0.5) is 0 Å². The lowest BCUT2D eigenvalue weighted by Crippen LogP contribution is -2.16. The van der Waals surface area contributed by atoms with Crippen LogP contribution in [0.3, 0.4) is 0 Å². The van der Waals surface area contributed by atoms with Crippen LogP contribution in [0.2, 0.25) is 0 Å². The minimum absolute atomic E-state index is 0.0394. The highest BCUT2D eigenvalue weighted by Gasteiger charge is 2.11. The monoisotopic (exact) mass is 132 g/mol. The molecule has 0 heterocycles. The van der Waals surface area contributed by atoms with E-state index < -0.39 is 12.1 Å². The van der Waals surface area contributed by atoms with Crippen LogP contribution in [0.5, 0.6) is 0 Å². The number of rotatable bonds is 3. The third-order valence-corrected chi connectivity index (χ3v) is 1.32. The van der Waals surface area contributed by atoms with Gasteiger partial charge in [-0.25, -0.2) is 0 Å². The summed E-state index contributed by atoms with van der Waals surface area (Å²) in [6, 6.07) is 0. The highest BCUT2D eigenvalue weighted by molar-refractivity contribution is 5.67. The predicted molar refractivity (Wildman–Crippen MR) is 33.1 cm³/mol. The molecule has 0 aromatic rings. The largest absolute Gasteiger partial charge is 0.481 e. The van der Waals surface area contributed by atoms with Crippen molar-refractivity contribution < 1.29 is 15.0 Å². The normalized spacial score (nSPS) is 16.8. The lowest BCUT2D eigenvalue weighted by atomic mass is 10.0. The van der Waals surface area contributed by atoms with Gasteiger partial charge < -0.3 is 10.2 Å². The minimum Gasteiger partial charge on any atom is -0.481 e. The molecule has 0 saturated carbocycles. The van der Waals surface area contributed by atoms with Gasteiger partial charge in [-0.1, -0.05) is 6.92 Å². The first-order chi connectivity index (χ1) is 4.04. The molecule has 0 aliphatic carbocycles. The zero-order chi connectivity index (χ0) is 7.44. The molecule has 0 fully saturated rings. The maximum absolute atomic E-state index is 10.0. The van der Waals surface area contributed by atoms with E-state index in [1.807, 2.05) is 0 Å². The highest BCUT2D eigenvalue weighted by Crippen LogP contribution is 2.06. The van der Waals surface area contributed by atoms with Crippen molar-refractivity contribution in [1.82, 2.24) is 0 Å². The maximum Gasteiger partial charge on any atom is 0.303 e. The van der Waals surface area contributed by atoms with Crippen molar-refractivity contribution in [1.29, 1.82) is 0 Å². The van der Waals surface area contributed by atoms with E-state index in [0.717, 1.165) is 0 Å². The number of aliphatic carboxylic acids is 1. The second-order valence-corrected chi connectivity index (χ2v) is 2.32. The molecule has 0 radical (unpaired) electrons. The Hall–Kier alpha value is -0.570. The Morgan fingerprint density at radius 2 is 2.00 bits per heavy atom. The van der Waals surface area contributed by atoms with E-state index in [2.05, 4.69) is 0 Å². The molecule has 0 bridgehead atoms. The van der Waals surface area contributed by atoms with Crippen molar-refractivity contribution >= 4 is 5.97 Å². The molecule has 0 amide bonds. The third kappa shape index (κ3) is 3.97. The lowest BCUT2D eigenvalue weighted by molar-refractivity contribution is -0.138. The fourth-order valence-corrected chi connectivity index (χ4v) is 0.446. The first-order valence-corrected chi connectivity index (χ1v) is 2.94. The Bertz CT molecular complexity index is 98.5. The number of hydrogen-bond acceptors (Lipinski definition) is 2. The molecule has 0 saturated heterocycles. The minimum atomic E-state index is -0.858. The first kappa shape index (κ1) is 8.43. The highest BCUT2D eigenvalue weighted by atomic mass is 16.4. The molecule has 0 aromatic heterocycles. The third-order valence-electron chi connectivity index (χ3n) is 1.32. The van der Waals surface area contributed by atoms with Crippen molar-refractivity contribution in [2.45, 2.75) is 26.4 Å². The topological polar surface area (TPSA) is 57.5 Å². The van der Waals surface area contributed by atoms with Gasteiger partial charge in [0.25, 0.3) is 0 Å². The molecule has 0 spiro atoms. The Kier molecular flexibility index (Phi) is 3.24. The number of hydrogen-bond donors (Lipinski definition) is 2. The van der Waals surface area contributed by atoms with Crippen LogP contribution >= 0.6 is 0 Å². The van der Waals surface area contributed by atoms with E-state index in [9.17, 15) is 4.79 Å². The molecular weight excluding hydrogens is 120 g/mol. The summed E-state index contributed by atoms with van der Waals surface area (Å²) < 4.78 is 0. The standard InChI is InChI=1S/C6H12O3/c1-4(5(2)7)3-6(8)9/h4-5,7H,3H2,1-2H3,(H,8,9)/t4?,5-/m1/s1. The molecule has 2 atom stereocenters. The smallest absolute Gasteiger partial charge is 0.303 e. The van der Waals surface area contributed by atoms with Crippen LogP contribution in [0, 0.1) is 5.92 Å². The molecule has 0 aliphatic rings. The van der Waals surface area contributed by atoms with Gasteiger partial charge in [0, 0.05) is 0 Å². The van der Waals surface area contributed by atoms with E-state index in [-0.39, 0.29) is 12.3 Å². The summed E-state index contributed by atoms with van der Waals surface area (Å²) in [7, 11) is 0. The van der Waals surface area contributed by atoms with Crippen molar-refractivity contribution in [3.05, 3.63) is 0 Å². The van der Waals surface area contributed by atoms with Gasteiger partial charge in [0.15, 0.2) is 0 Å². The average Bonchev–Trinajstić information content (AvgIpc) is 1.63. The summed E-state index contributed by atoms with van der Waals surface area (Å²) in [5.41, 5.74) is 0. The molecule has 0 aromatic carbocycles. The molecule has 54 valence electrons. The van der Waals surface area contributed by atoms with Crippen molar-refractivity contribution in [3.63, 3.8) is 0 Å². The van der Waals surface area contributed by atoms with Gasteiger partial charge in [-0.05, 0) is 12.8 Å². The van der Waals surface area contributed by atoms with Gasteiger partial charge in [0.1, 0.15) is 0 Å². The Morgan fingerprint density at radius 3 is 2.11 bits per heavy atom. The van der Waals surface area contributed by atoms with E-state index in [1.54, 1.807) is 13.8 Å². The summed E-state index contributed by atoms with van der Waals surface area (Å²) >= 11 is 0. The lowest BCUT2D eigenvalue weighted by Gasteiger charge is -2.10. The maximum atomic E-state index is 10.0. The van der Waals surface area contributed by atoms with Crippen LogP contribution in [0.25, 0.3) is 0 Å². The van der Waals surface area contributed by atoms with E-state index in [1.165, 1.54) is 0 Å². The van der Waals surface area contributed by atoms with E-state index in [4.69, 9.17) is 10.2 Å². The number of carboxylic acid groups (broad SMARTS) is 1. The zero-order valence-corrected chi connectivity index (χ0v) is 5.66. The van der Waals surface area contributed by atoms with Crippen molar-refractivity contribution in [2.24, 2.45) is 5.92 Å². The summed E-state index contributed by atoms with van der Waals surface area (Å²) in [6.45, 7) is 3.30.